The monoisotopic (exact) mass is 378 g/mol. The van der Waals surface area contributed by atoms with E-state index in [1.54, 1.807) is 13.0 Å². The Morgan fingerprint density at radius 3 is 2.42 bits per heavy atom. The molecule has 4 nitrogen and oxygen atoms in total. The molecule has 0 aliphatic carbocycles. The number of nitro benzene ring substituents is 1. The molecule has 0 amide bonds. The highest BCUT2D eigenvalue weighted by atomic mass is 35.5. The minimum atomic E-state index is -4.65. The van der Waals surface area contributed by atoms with Crippen molar-refractivity contribution in [3.8, 4) is 0 Å². The molecule has 0 aliphatic heterocycles. The molecule has 0 atom stereocenters. The summed E-state index contributed by atoms with van der Waals surface area (Å²) in [5.41, 5.74) is -0.365. The van der Waals surface area contributed by atoms with Gasteiger partial charge in [0.15, 0.2) is 0 Å². The summed E-state index contributed by atoms with van der Waals surface area (Å²) in [7, 11) is 0. The van der Waals surface area contributed by atoms with Crippen LogP contribution >= 0.6 is 23.2 Å². The van der Waals surface area contributed by atoms with E-state index in [0.717, 1.165) is 17.7 Å². The summed E-state index contributed by atoms with van der Waals surface area (Å²) in [6.07, 6.45) is -4.65. The minimum Gasteiger partial charge on any atom is -0.375 e. The predicted octanol–water partition coefficient (Wildman–Crippen LogP) is 5.84. The lowest BCUT2D eigenvalue weighted by atomic mass is 10.1. The first-order valence-electron chi connectivity index (χ1n) is 6.63. The number of nitro groups is 1. The van der Waals surface area contributed by atoms with Gasteiger partial charge >= 0.3 is 6.18 Å². The van der Waals surface area contributed by atoms with Gasteiger partial charge in [-0.25, -0.2) is 0 Å². The highest BCUT2D eigenvalue weighted by molar-refractivity contribution is 6.35. The molecule has 0 spiro atoms. The summed E-state index contributed by atoms with van der Waals surface area (Å²) >= 11 is 11.9. The molecule has 0 heterocycles. The van der Waals surface area contributed by atoms with Crippen molar-refractivity contribution in [2.45, 2.75) is 19.6 Å². The largest absolute Gasteiger partial charge is 0.416 e. The Labute approximate surface area is 145 Å². The van der Waals surface area contributed by atoms with Crippen LogP contribution in [0.15, 0.2) is 30.3 Å². The number of aryl methyl sites for hydroxylation is 1. The number of rotatable bonds is 4. The van der Waals surface area contributed by atoms with Crippen molar-refractivity contribution in [2.24, 2.45) is 0 Å². The van der Waals surface area contributed by atoms with E-state index in [2.05, 4.69) is 5.32 Å². The third-order valence-corrected chi connectivity index (χ3v) is 3.92. The number of alkyl halides is 3. The lowest BCUT2D eigenvalue weighted by Gasteiger charge is -2.13. The molecule has 0 aromatic heterocycles. The fraction of sp³-hybridized carbons (Fsp3) is 0.200. The van der Waals surface area contributed by atoms with Crippen molar-refractivity contribution in [3.63, 3.8) is 0 Å². The molecule has 0 saturated heterocycles. The molecule has 0 saturated carbocycles. The van der Waals surface area contributed by atoms with Crippen molar-refractivity contribution >= 4 is 34.6 Å². The van der Waals surface area contributed by atoms with Crippen LogP contribution in [0.5, 0.6) is 0 Å². The van der Waals surface area contributed by atoms with Gasteiger partial charge in [0, 0.05) is 22.7 Å². The number of hydrogen-bond acceptors (Lipinski definition) is 3. The summed E-state index contributed by atoms with van der Waals surface area (Å²) in [6.45, 7) is 1.87. The quantitative estimate of drug-likeness (QED) is 0.536. The van der Waals surface area contributed by atoms with Gasteiger partial charge < -0.3 is 5.32 Å². The maximum absolute atomic E-state index is 12.7. The lowest BCUT2D eigenvalue weighted by Crippen LogP contribution is -2.08. The second-order valence-electron chi connectivity index (χ2n) is 5.02. The van der Waals surface area contributed by atoms with Gasteiger partial charge in [0.05, 0.1) is 10.5 Å². The molecule has 0 fully saturated rings. The van der Waals surface area contributed by atoms with Gasteiger partial charge in [0.1, 0.15) is 5.69 Å². The Balaban J connectivity index is 2.32. The summed E-state index contributed by atoms with van der Waals surface area (Å²) < 4.78 is 38.1. The first kappa shape index (κ1) is 18.4. The van der Waals surface area contributed by atoms with Crippen LogP contribution < -0.4 is 5.32 Å². The maximum Gasteiger partial charge on any atom is 0.416 e. The smallest absolute Gasteiger partial charge is 0.375 e. The van der Waals surface area contributed by atoms with Crippen LogP contribution in [0.3, 0.4) is 0 Å². The van der Waals surface area contributed by atoms with Crippen molar-refractivity contribution in [1.82, 2.24) is 0 Å². The third kappa shape index (κ3) is 4.10. The van der Waals surface area contributed by atoms with Gasteiger partial charge in [-0.05, 0) is 42.3 Å². The lowest BCUT2D eigenvalue weighted by molar-refractivity contribution is -0.384. The van der Waals surface area contributed by atoms with E-state index in [-0.39, 0.29) is 12.2 Å². The van der Waals surface area contributed by atoms with Crippen molar-refractivity contribution in [3.05, 3.63) is 67.2 Å². The zero-order valence-electron chi connectivity index (χ0n) is 12.2. The number of nitrogens with zero attached hydrogens (tertiary/aromatic N) is 1. The van der Waals surface area contributed by atoms with Crippen LogP contribution in [0.25, 0.3) is 0 Å². The van der Waals surface area contributed by atoms with E-state index in [4.69, 9.17) is 23.2 Å². The number of nitrogens with one attached hydrogen (secondary N) is 1. The maximum atomic E-state index is 12.7. The number of halogens is 5. The first-order valence-corrected chi connectivity index (χ1v) is 7.39. The molecular weight excluding hydrogens is 368 g/mol. The Bertz CT molecular complexity index is 772. The first-order chi connectivity index (χ1) is 11.1. The standard InChI is InChI=1S/C15H11Cl2F3N2O2/c1-8-4-10(16)6-12(17)11(8)7-21-13-3-2-9(15(18,19)20)5-14(13)22(23)24/h2-6,21H,7H2,1H3. The molecule has 0 bridgehead atoms. The van der Waals surface area contributed by atoms with E-state index >= 15 is 0 Å². The van der Waals surface area contributed by atoms with Crippen LogP contribution in [0.1, 0.15) is 16.7 Å². The molecular formula is C15H11Cl2F3N2O2. The van der Waals surface area contributed by atoms with Crippen LogP contribution in [0, 0.1) is 17.0 Å². The van der Waals surface area contributed by atoms with E-state index in [1.165, 1.54) is 6.07 Å². The molecule has 9 heteroatoms. The molecule has 128 valence electrons. The normalized spacial score (nSPS) is 11.4. The van der Waals surface area contributed by atoms with Crippen molar-refractivity contribution in [2.75, 3.05) is 5.32 Å². The van der Waals surface area contributed by atoms with Gasteiger partial charge in [-0.3, -0.25) is 10.1 Å². The summed E-state index contributed by atoms with van der Waals surface area (Å²) in [6, 6.07) is 5.50. The van der Waals surface area contributed by atoms with Crippen molar-refractivity contribution in [1.29, 1.82) is 0 Å². The Kier molecular flexibility index (Phi) is 5.25. The van der Waals surface area contributed by atoms with Crippen LogP contribution in [0.2, 0.25) is 10.0 Å². The van der Waals surface area contributed by atoms with Crippen LogP contribution in [0.4, 0.5) is 24.5 Å². The van der Waals surface area contributed by atoms with E-state index in [9.17, 15) is 23.3 Å². The average Bonchev–Trinajstić information content (AvgIpc) is 2.44. The number of anilines is 1. The van der Waals surface area contributed by atoms with Gasteiger partial charge in [-0.1, -0.05) is 23.2 Å². The second-order valence-corrected chi connectivity index (χ2v) is 5.87. The Hall–Kier alpha value is -1.99. The Morgan fingerprint density at radius 1 is 1.21 bits per heavy atom. The molecule has 0 radical (unpaired) electrons. The highest BCUT2D eigenvalue weighted by Crippen LogP contribution is 2.35. The second kappa shape index (κ2) is 6.86. The minimum absolute atomic E-state index is 0.0292. The van der Waals surface area contributed by atoms with Gasteiger partial charge in [0.2, 0.25) is 0 Å². The summed E-state index contributed by atoms with van der Waals surface area (Å²) in [5, 5.41) is 14.6. The third-order valence-electron chi connectivity index (χ3n) is 3.36. The molecule has 2 aromatic rings. The average molecular weight is 379 g/mol. The number of benzene rings is 2. The topological polar surface area (TPSA) is 55.2 Å². The molecule has 2 rings (SSSR count). The molecule has 0 aliphatic rings. The number of hydrogen-bond donors (Lipinski definition) is 1. The highest BCUT2D eigenvalue weighted by Gasteiger charge is 2.33. The predicted molar refractivity (Wildman–Crippen MR) is 86.6 cm³/mol. The SMILES string of the molecule is Cc1cc(Cl)cc(Cl)c1CNc1ccc(C(F)(F)F)cc1[N+](=O)[O-]. The Morgan fingerprint density at radius 2 is 1.88 bits per heavy atom. The zero-order valence-corrected chi connectivity index (χ0v) is 13.8. The van der Waals surface area contributed by atoms with Crippen LogP contribution in [-0.4, -0.2) is 4.92 Å². The summed E-state index contributed by atoms with van der Waals surface area (Å²) in [4.78, 5) is 10.2. The van der Waals surface area contributed by atoms with Gasteiger partial charge in [-0.2, -0.15) is 13.2 Å². The van der Waals surface area contributed by atoms with Gasteiger partial charge in [0.25, 0.3) is 5.69 Å². The van der Waals surface area contributed by atoms with E-state index < -0.39 is 22.4 Å². The fourth-order valence-electron chi connectivity index (χ4n) is 2.15. The van der Waals surface area contributed by atoms with Gasteiger partial charge in [-0.15, -0.1) is 0 Å². The zero-order chi connectivity index (χ0) is 18.1. The summed E-state index contributed by atoms with van der Waals surface area (Å²) in [5.74, 6) is 0. The molecule has 2 aromatic carbocycles. The van der Waals surface area contributed by atoms with Crippen molar-refractivity contribution < 1.29 is 18.1 Å². The van der Waals surface area contributed by atoms with Crippen LogP contribution in [-0.2, 0) is 12.7 Å². The van der Waals surface area contributed by atoms with E-state index in [1.807, 2.05) is 0 Å². The van der Waals surface area contributed by atoms with E-state index in [0.29, 0.717) is 21.7 Å². The fourth-order valence-corrected chi connectivity index (χ4v) is 2.81. The molecule has 0 unspecified atom stereocenters. The molecule has 24 heavy (non-hydrogen) atoms. The molecule has 1 N–H and O–H groups in total.